The van der Waals surface area contributed by atoms with E-state index in [9.17, 15) is 4.39 Å². The monoisotopic (exact) mass is 564 g/mol. The Morgan fingerprint density at radius 1 is 1.21 bits per heavy atom. The number of benzene rings is 2. The SMILES string of the molecule is CCNC(=NCCc1coc(-c2ccc(F)cc2)n1)N1CCOC(c2ccccc2C)C1.I. The number of nitrogens with zero attached hydrogens (tertiary/aromatic N) is 3. The standard InChI is InChI=1S/C25H29FN4O2.HI/c1-3-27-25(30-14-15-31-23(16-30)22-7-5-4-6-18(22)2)28-13-12-21-17-32-24(29-21)19-8-10-20(26)11-9-19;/h4-11,17,23H,3,12-16H2,1-2H3,(H,27,28);1H. The number of guanidine groups is 1. The minimum Gasteiger partial charge on any atom is -0.444 e. The molecule has 1 aliphatic heterocycles. The summed E-state index contributed by atoms with van der Waals surface area (Å²) in [6.07, 6.45) is 2.33. The summed E-state index contributed by atoms with van der Waals surface area (Å²) in [6, 6.07) is 14.5. The number of aryl methyl sites for hydroxylation is 1. The number of aromatic nitrogens is 1. The fourth-order valence-electron chi connectivity index (χ4n) is 3.83. The van der Waals surface area contributed by atoms with E-state index in [4.69, 9.17) is 14.1 Å². The summed E-state index contributed by atoms with van der Waals surface area (Å²) in [5, 5.41) is 3.40. The van der Waals surface area contributed by atoms with E-state index in [0.717, 1.165) is 36.9 Å². The van der Waals surface area contributed by atoms with Gasteiger partial charge in [0, 0.05) is 31.6 Å². The van der Waals surface area contributed by atoms with Crippen LogP contribution in [0.25, 0.3) is 11.5 Å². The molecule has 0 radical (unpaired) electrons. The van der Waals surface area contributed by atoms with Crippen molar-refractivity contribution in [3.05, 3.63) is 77.4 Å². The molecule has 0 spiro atoms. The van der Waals surface area contributed by atoms with Crippen LogP contribution in [0.5, 0.6) is 0 Å². The Balaban J connectivity index is 0.00000306. The summed E-state index contributed by atoms with van der Waals surface area (Å²) in [5.41, 5.74) is 4.04. The number of hydrogen-bond acceptors (Lipinski definition) is 4. The maximum Gasteiger partial charge on any atom is 0.226 e. The molecule has 1 saturated heterocycles. The third kappa shape index (κ3) is 6.54. The molecule has 1 aliphatic rings. The van der Waals surface area contributed by atoms with Gasteiger partial charge in [0.25, 0.3) is 0 Å². The minimum atomic E-state index is -0.279. The fraction of sp³-hybridized carbons (Fsp3) is 0.360. The van der Waals surface area contributed by atoms with Crippen LogP contribution in [0, 0.1) is 12.7 Å². The molecule has 0 saturated carbocycles. The number of morpholine rings is 1. The summed E-state index contributed by atoms with van der Waals surface area (Å²) in [5.74, 6) is 1.10. The van der Waals surface area contributed by atoms with Crippen molar-refractivity contribution >= 4 is 29.9 Å². The van der Waals surface area contributed by atoms with Gasteiger partial charge in [-0.25, -0.2) is 9.37 Å². The highest BCUT2D eigenvalue weighted by atomic mass is 127. The second kappa shape index (κ2) is 12.1. The van der Waals surface area contributed by atoms with Crippen LogP contribution >= 0.6 is 24.0 Å². The lowest BCUT2D eigenvalue weighted by Crippen LogP contribution is -2.48. The average molecular weight is 564 g/mol. The second-order valence-corrected chi connectivity index (χ2v) is 7.80. The number of nitrogens with one attached hydrogen (secondary N) is 1. The number of hydrogen-bond donors (Lipinski definition) is 1. The Morgan fingerprint density at radius 3 is 2.76 bits per heavy atom. The summed E-state index contributed by atoms with van der Waals surface area (Å²) in [4.78, 5) is 11.6. The number of halogens is 2. The van der Waals surface area contributed by atoms with Gasteiger partial charge in [0.05, 0.1) is 18.8 Å². The predicted octanol–water partition coefficient (Wildman–Crippen LogP) is 4.99. The summed E-state index contributed by atoms with van der Waals surface area (Å²) >= 11 is 0. The number of oxazole rings is 1. The Kier molecular flexibility index (Phi) is 9.25. The van der Waals surface area contributed by atoms with Crippen molar-refractivity contribution < 1.29 is 13.5 Å². The van der Waals surface area contributed by atoms with Gasteiger partial charge in [-0.15, -0.1) is 24.0 Å². The van der Waals surface area contributed by atoms with E-state index < -0.39 is 0 Å². The lowest BCUT2D eigenvalue weighted by Gasteiger charge is -2.35. The van der Waals surface area contributed by atoms with E-state index in [1.807, 2.05) is 0 Å². The zero-order valence-electron chi connectivity index (χ0n) is 19.0. The Labute approximate surface area is 211 Å². The zero-order valence-corrected chi connectivity index (χ0v) is 21.3. The number of aliphatic imine (C=N–C) groups is 1. The first-order valence-electron chi connectivity index (χ1n) is 11.0. The van der Waals surface area contributed by atoms with E-state index in [0.29, 0.717) is 25.5 Å². The molecule has 1 fully saturated rings. The molecule has 176 valence electrons. The van der Waals surface area contributed by atoms with Crippen molar-refractivity contribution in [1.82, 2.24) is 15.2 Å². The molecule has 8 heteroatoms. The molecule has 1 unspecified atom stereocenters. The first kappa shape index (κ1) is 25.2. The van der Waals surface area contributed by atoms with E-state index in [-0.39, 0.29) is 35.9 Å². The van der Waals surface area contributed by atoms with Gasteiger partial charge in [0.2, 0.25) is 5.89 Å². The number of rotatable bonds is 6. The average Bonchev–Trinajstić information content (AvgIpc) is 3.28. The van der Waals surface area contributed by atoms with E-state index >= 15 is 0 Å². The van der Waals surface area contributed by atoms with Crippen LogP contribution in [-0.4, -0.2) is 48.6 Å². The van der Waals surface area contributed by atoms with Crippen molar-refractivity contribution in [3.8, 4) is 11.5 Å². The number of ether oxygens (including phenoxy) is 1. The van der Waals surface area contributed by atoms with Gasteiger partial charge in [-0.2, -0.15) is 0 Å². The van der Waals surface area contributed by atoms with E-state index in [2.05, 4.69) is 53.3 Å². The van der Waals surface area contributed by atoms with Crippen molar-refractivity contribution in [2.24, 2.45) is 4.99 Å². The third-order valence-electron chi connectivity index (χ3n) is 5.51. The van der Waals surface area contributed by atoms with Gasteiger partial charge >= 0.3 is 0 Å². The fourth-order valence-corrected chi connectivity index (χ4v) is 3.83. The molecule has 0 amide bonds. The first-order chi connectivity index (χ1) is 15.6. The van der Waals surface area contributed by atoms with Gasteiger partial charge in [-0.05, 0) is 49.2 Å². The molecule has 1 aromatic heterocycles. The van der Waals surface area contributed by atoms with Crippen LogP contribution in [0.1, 0.15) is 29.8 Å². The maximum atomic E-state index is 13.1. The van der Waals surface area contributed by atoms with Crippen LogP contribution in [0.4, 0.5) is 4.39 Å². The molecular formula is C25H30FIN4O2. The molecule has 33 heavy (non-hydrogen) atoms. The van der Waals surface area contributed by atoms with Crippen LogP contribution in [0.3, 0.4) is 0 Å². The van der Waals surface area contributed by atoms with Crippen molar-refractivity contribution in [1.29, 1.82) is 0 Å². The Bertz CT molecular complexity index is 1050. The highest BCUT2D eigenvalue weighted by Gasteiger charge is 2.25. The summed E-state index contributed by atoms with van der Waals surface area (Å²) in [6.45, 7) is 7.79. The first-order valence-corrected chi connectivity index (χ1v) is 11.0. The van der Waals surface area contributed by atoms with Gasteiger partial charge in [-0.1, -0.05) is 24.3 Å². The minimum absolute atomic E-state index is 0. The van der Waals surface area contributed by atoms with Crippen LogP contribution in [0.2, 0.25) is 0 Å². The molecule has 1 atom stereocenters. The molecular weight excluding hydrogens is 534 g/mol. The van der Waals surface area contributed by atoms with Crippen LogP contribution in [-0.2, 0) is 11.2 Å². The van der Waals surface area contributed by atoms with E-state index in [1.165, 1.54) is 23.3 Å². The normalized spacial score (nSPS) is 16.4. The van der Waals surface area contributed by atoms with E-state index in [1.54, 1.807) is 18.4 Å². The molecule has 3 aromatic rings. The lowest BCUT2D eigenvalue weighted by atomic mass is 10.0. The molecule has 2 aromatic carbocycles. The van der Waals surface area contributed by atoms with Crippen molar-refractivity contribution in [3.63, 3.8) is 0 Å². The highest BCUT2D eigenvalue weighted by Crippen LogP contribution is 2.25. The molecule has 6 nitrogen and oxygen atoms in total. The van der Waals surface area contributed by atoms with Gasteiger partial charge < -0.3 is 19.4 Å². The van der Waals surface area contributed by atoms with Crippen LogP contribution in [0.15, 0.2) is 64.2 Å². The quantitative estimate of drug-likeness (QED) is 0.260. The lowest BCUT2D eigenvalue weighted by molar-refractivity contribution is -0.00832. The molecule has 2 heterocycles. The zero-order chi connectivity index (χ0) is 22.3. The molecule has 4 rings (SSSR count). The third-order valence-corrected chi connectivity index (χ3v) is 5.51. The highest BCUT2D eigenvalue weighted by molar-refractivity contribution is 14.0. The van der Waals surface area contributed by atoms with Crippen LogP contribution < -0.4 is 5.32 Å². The smallest absolute Gasteiger partial charge is 0.226 e. The largest absolute Gasteiger partial charge is 0.444 e. The molecule has 0 aliphatic carbocycles. The maximum absolute atomic E-state index is 13.1. The van der Waals surface area contributed by atoms with Gasteiger partial charge in [0.1, 0.15) is 18.2 Å². The molecule has 0 bridgehead atoms. The van der Waals surface area contributed by atoms with Crippen molar-refractivity contribution in [2.75, 3.05) is 32.8 Å². The predicted molar refractivity (Wildman–Crippen MR) is 138 cm³/mol. The topological polar surface area (TPSA) is 62.9 Å². The second-order valence-electron chi connectivity index (χ2n) is 7.80. The van der Waals surface area contributed by atoms with Gasteiger partial charge in [-0.3, -0.25) is 4.99 Å². The Hall–Kier alpha value is -2.46. The molecule has 1 N–H and O–H groups in total. The van der Waals surface area contributed by atoms with Crippen molar-refractivity contribution in [2.45, 2.75) is 26.4 Å². The Morgan fingerprint density at radius 2 is 2.00 bits per heavy atom. The summed E-state index contributed by atoms with van der Waals surface area (Å²) in [7, 11) is 0. The van der Waals surface area contributed by atoms with Gasteiger partial charge in [0.15, 0.2) is 5.96 Å². The summed E-state index contributed by atoms with van der Waals surface area (Å²) < 4.78 is 24.7.